The highest BCUT2D eigenvalue weighted by molar-refractivity contribution is 7.06. The quantitative estimate of drug-likeness (QED) is 0.834. The monoisotopic (exact) mass is 226 g/mol. The Balaban J connectivity index is 2.30. The number of methoxy groups -OCH3 is 1. The van der Waals surface area contributed by atoms with E-state index in [0.29, 0.717) is 25.5 Å². The van der Waals surface area contributed by atoms with Crippen LogP contribution in [0.15, 0.2) is 0 Å². The molecule has 0 radical (unpaired) electrons. The van der Waals surface area contributed by atoms with Crippen molar-refractivity contribution in [2.24, 2.45) is 11.7 Å². The van der Waals surface area contributed by atoms with Crippen molar-refractivity contribution in [1.29, 1.82) is 0 Å². The van der Waals surface area contributed by atoms with Gasteiger partial charge in [0.05, 0.1) is 17.9 Å². The van der Waals surface area contributed by atoms with Crippen LogP contribution in [0.5, 0.6) is 0 Å². The van der Waals surface area contributed by atoms with Gasteiger partial charge < -0.3 is 10.5 Å². The number of nitrogens with two attached hydrogens (primary N) is 1. The second-order valence-electron chi connectivity index (χ2n) is 3.79. The summed E-state index contributed by atoms with van der Waals surface area (Å²) < 4.78 is 9.28. The van der Waals surface area contributed by atoms with E-state index < -0.39 is 0 Å². The Morgan fingerprint density at radius 2 is 2.40 bits per heavy atom. The van der Waals surface area contributed by atoms with Crippen LogP contribution in [0.4, 0.5) is 0 Å². The molecule has 1 aromatic rings. The maximum absolute atomic E-state index is 11.9. The Morgan fingerprint density at radius 3 is 3.07 bits per heavy atom. The average molecular weight is 226 g/mol. The predicted molar refractivity (Wildman–Crippen MR) is 58.0 cm³/mol. The van der Waals surface area contributed by atoms with Crippen LogP contribution < -0.4 is 5.73 Å². The molecule has 0 bridgehead atoms. The van der Waals surface area contributed by atoms with Crippen molar-refractivity contribution in [3.8, 4) is 0 Å². The number of aromatic nitrogens is 1. The maximum Gasteiger partial charge on any atom is 0.166 e. The van der Waals surface area contributed by atoms with E-state index in [9.17, 15) is 4.79 Å². The van der Waals surface area contributed by atoms with E-state index in [1.165, 1.54) is 11.5 Å². The smallest absolute Gasteiger partial charge is 0.166 e. The normalized spacial score (nSPS) is 20.4. The van der Waals surface area contributed by atoms with Gasteiger partial charge in [-0.3, -0.25) is 4.79 Å². The molecule has 1 unspecified atom stereocenters. The number of hydrogen-bond donors (Lipinski definition) is 1. The lowest BCUT2D eigenvalue weighted by Crippen LogP contribution is -2.25. The topological polar surface area (TPSA) is 65.2 Å². The fraction of sp³-hybridized carbons (Fsp3) is 0.600. The van der Waals surface area contributed by atoms with E-state index in [2.05, 4.69) is 4.37 Å². The van der Waals surface area contributed by atoms with E-state index in [4.69, 9.17) is 10.5 Å². The highest BCUT2D eigenvalue weighted by Crippen LogP contribution is 2.30. The molecule has 1 atom stereocenters. The van der Waals surface area contributed by atoms with Crippen LogP contribution >= 0.6 is 11.5 Å². The van der Waals surface area contributed by atoms with E-state index in [1.807, 2.05) is 0 Å². The number of Topliss-reactive ketones (excluding diaryl/α,β-unsaturated/α-hetero) is 1. The second-order valence-corrected chi connectivity index (χ2v) is 4.65. The largest absolute Gasteiger partial charge is 0.378 e. The molecule has 0 spiro atoms. The molecule has 2 rings (SSSR count). The number of fused-ring (bicyclic) bond motifs is 1. The third-order valence-electron chi connectivity index (χ3n) is 2.67. The van der Waals surface area contributed by atoms with E-state index in [0.717, 1.165) is 22.6 Å². The molecule has 0 saturated carbocycles. The summed E-state index contributed by atoms with van der Waals surface area (Å²) in [6.45, 7) is 0.994. The van der Waals surface area contributed by atoms with Crippen LogP contribution in [-0.4, -0.2) is 23.8 Å². The lowest BCUT2D eigenvalue weighted by Gasteiger charge is -2.19. The molecule has 4 nitrogen and oxygen atoms in total. The zero-order valence-electron chi connectivity index (χ0n) is 8.66. The molecule has 82 valence electrons. The summed E-state index contributed by atoms with van der Waals surface area (Å²) in [6.07, 6.45) is 1.44. The van der Waals surface area contributed by atoms with Crippen LogP contribution in [0.2, 0.25) is 0 Å². The number of carbonyl (C=O) groups excluding carboxylic acids is 1. The summed E-state index contributed by atoms with van der Waals surface area (Å²) in [4.78, 5) is 12.9. The highest BCUT2D eigenvalue weighted by Gasteiger charge is 2.29. The zero-order chi connectivity index (χ0) is 10.8. The van der Waals surface area contributed by atoms with Gasteiger partial charge in [-0.15, -0.1) is 0 Å². The Hall–Kier alpha value is -0.780. The van der Waals surface area contributed by atoms with Crippen molar-refractivity contribution in [2.75, 3.05) is 13.7 Å². The van der Waals surface area contributed by atoms with Gasteiger partial charge in [0.1, 0.15) is 0 Å². The lowest BCUT2D eigenvalue weighted by atomic mass is 9.87. The minimum Gasteiger partial charge on any atom is -0.378 e. The van der Waals surface area contributed by atoms with E-state index in [1.54, 1.807) is 7.11 Å². The molecule has 0 aromatic carbocycles. The summed E-state index contributed by atoms with van der Waals surface area (Å²) in [5, 5.41) is 0. The lowest BCUT2D eigenvalue weighted by molar-refractivity contribution is 0.0946. The standard InChI is InChI=1S/C10H14N2O2S/c1-14-5-7-10-8(13)2-6(4-11)3-9(10)15-12-7/h6H,2-5,11H2,1H3. The van der Waals surface area contributed by atoms with Crippen LogP contribution in [-0.2, 0) is 17.8 Å². The molecule has 0 amide bonds. The van der Waals surface area contributed by atoms with Crippen molar-refractivity contribution in [2.45, 2.75) is 19.4 Å². The van der Waals surface area contributed by atoms with E-state index >= 15 is 0 Å². The van der Waals surface area contributed by atoms with Crippen LogP contribution in [0.1, 0.15) is 27.3 Å². The summed E-state index contributed by atoms with van der Waals surface area (Å²) in [6, 6.07) is 0. The van der Waals surface area contributed by atoms with Crippen LogP contribution in [0, 0.1) is 5.92 Å². The molecular weight excluding hydrogens is 212 g/mol. The molecule has 15 heavy (non-hydrogen) atoms. The predicted octanol–water partition coefficient (Wildman–Crippen LogP) is 0.993. The first-order valence-electron chi connectivity index (χ1n) is 4.96. The number of ether oxygens (including phenoxy) is 1. The Labute approximate surface area is 92.6 Å². The summed E-state index contributed by atoms with van der Waals surface area (Å²) in [7, 11) is 1.61. The minimum atomic E-state index is 0.174. The van der Waals surface area contributed by atoms with Crippen molar-refractivity contribution < 1.29 is 9.53 Å². The molecule has 0 aliphatic heterocycles. The molecule has 5 heteroatoms. The highest BCUT2D eigenvalue weighted by atomic mass is 32.1. The first-order valence-corrected chi connectivity index (χ1v) is 5.73. The number of carbonyl (C=O) groups is 1. The Kier molecular flexibility index (Phi) is 3.14. The molecule has 0 fully saturated rings. The first kappa shape index (κ1) is 10.7. The Bertz CT molecular complexity index is 375. The van der Waals surface area contributed by atoms with Gasteiger partial charge in [-0.25, -0.2) is 0 Å². The van der Waals surface area contributed by atoms with Crippen LogP contribution in [0.3, 0.4) is 0 Å². The Morgan fingerprint density at radius 1 is 1.60 bits per heavy atom. The zero-order valence-corrected chi connectivity index (χ0v) is 9.47. The van der Waals surface area contributed by atoms with Crippen molar-refractivity contribution in [3.05, 3.63) is 16.1 Å². The molecule has 1 aliphatic rings. The third-order valence-corrected chi connectivity index (χ3v) is 3.58. The summed E-state index contributed by atoms with van der Waals surface area (Å²) >= 11 is 1.41. The number of ketones is 1. The van der Waals surface area contributed by atoms with Gasteiger partial charge in [-0.1, -0.05) is 0 Å². The van der Waals surface area contributed by atoms with Gasteiger partial charge in [0, 0.05) is 18.4 Å². The van der Waals surface area contributed by atoms with Gasteiger partial charge >= 0.3 is 0 Å². The van der Waals surface area contributed by atoms with Gasteiger partial charge in [-0.2, -0.15) is 4.37 Å². The first-order chi connectivity index (χ1) is 7.26. The summed E-state index contributed by atoms with van der Waals surface area (Å²) in [5.74, 6) is 0.466. The van der Waals surface area contributed by atoms with Crippen molar-refractivity contribution in [1.82, 2.24) is 4.37 Å². The average Bonchev–Trinajstić information content (AvgIpc) is 2.62. The second kappa shape index (κ2) is 4.38. The van der Waals surface area contributed by atoms with Gasteiger partial charge in [0.2, 0.25) is 0 Å². The molecule has 1 heterocycles. The van der Waals surface area contributed by atoms with Gasteiger partial charge in [-0.05, 0) is 30.4 Å². The minimum absolute atomic E-state index is 0.174. The number of rotatable bonds is 3. The molecule has 1 aliphatic carbocycles. The van der Waals surface area contributed by atoms with Crippen LogP contribution in [0.25, 0.3) is 0 Å². The fourth-order valence-corrected chi connectivity index (χ4v) is 2.92. The summed E-state index contributed by atoms with van der Waals surface area (Å²) in [5.41, 5.74) is 7.18. The molecule has 1 aromatic heterocycles. The number of hydrogen-bond acceptors (Lipinski definition) is 5. The number of nitrogens with zero attached hydrogens (tertiary/aromatic N) is 1. The molecule has 0 saturated heterocycles. The van der Waals surface area contributed by atoms with Crippen molar-refractivity contribution in [3.63, 3.8) is 0 Å². The SMILES string of the molecule is COCc1nsc2c1C(=O)CC(CN)C2. The van der Waals surface area contributed by atoms with E-state index in [-0.39, 0.29) is 5.78 Å². The fourth-order valence-electron chi connectivity index (χ4n) is 1.92. The van der Waals surface area contributed by atoms with Gasteiger partial charge in [0.15, 0.2) is 5.78 Å². The third kappa shape index (κ3) is 1.95. The van der Waals surface area contributed by atoms with Crippen molar-refractivity contribution >= 4 is 17.3 Å². The maximum atomic E-state index is 11.9. The molecule has 2 N–H and O–H groups in total. The molecular formula is C10H14N2O2S. The van der Waals surface area contributed by atoms with Gasteiger partial charge in [0.25, 0.3) is 0 Å².